The first-order chi connectivity index (χ1) is 8.43. The predicted octanol–water partition coefficient (Wildman–Crippen LogP) is 3.75. The first-order valence-corrected chi connectivity index (χ1v) is 5.87. The van der Waals surface area contributed by atoms with Gasteiger partial charge in [-0.15, -0.1) is 0 Å². The molecule has 0 amide bonds. The average molecular weight is 217 g/mol. The lowest BCUT2D eigenvalue weighted by atomic mass is 9.86. The average Bonchev–Trinajstić information content (AvgIpc) is 2.78. The van der Waals surface area contributed by atoms with E-state index in [9.17, 15) is 0 Å². The molecule has 80 valence electrons. The van der Waals surface area contributed by atoms with E-state index in [0.29, 0.717) is 5.92 Å². The second kappa shape index (κ2) is 3.17. The van der Waals surface area contributed by atoms with Gasteiger partial charge in [0, 0.05) is 17.7 Å². The van der Waals surface area contributed by atoms with Crippen LogP contribution in [-0.4, -0.2) is 4.98 Å². The Kier molecular flexibility index (Phi) is 1.67. The normalized spacial score (nSPS) is 19.3. The van der Waals surface area contributed by atoms with E-state index in [0.717, 1.165) is 5.69 Å². The maximum absolute atomic E-state index is 4.41. The lowest BCUT2D eigenvalue weighted by molar-refractivity contribution is 1.10. The number of allylic oxidation sites excluding steroid dienone is 2. The summed E-state index contributed by atoms with van der Waals surface area (Å²) in [5.41, 5.74) is 6.50. The fourth-order valence-corrected chi connectivity index (χ4v) is 2.78. The molecule has 0 saturated heterocycles. The molecule has 1 aromatic heterocycles. The number of hydrogen-bond donors (Lipinski definition) is 0. The van der Waals surface area contributed by atoms with Crippen molar-refractivity contribution in [3.8, 4) is 0 Å². The summed E-state index contributed by atoms with van der Waals surface area (Å²) in [6.07, 6.45) is 8.54. The highest BCUT2D eigenvalue weighted by atomic mass is 14.7. The zero-order valence-corrected chi connectivity index (χ0v) is 9.30. The van der Waals surface area contributed by atoms with Crippen LogP contribution in [0, 0.1) is 0 Å². The molecule has 1 heterocycles. The van der Waals surface area contributed by atoms with Crippen LogP contribution in [0.25, 0.3) is 17.7 Å². The van der Waals surface area contributed by atoms with Crippen LogP contribution >= 0.6 is 0 Å². The molecule has 1 aromatic carbocycles. The topological polar surface area (TPSA) is 12.9 Å². The minimum Gasteiger partial charge on any atom is -0.256 e. The van der Waals surface area contributed by atoms with Gasteiger partial charge in [0.25, 0.3) is 0 Å². The number of pyridine rings is 1. The van der Waals surface area contributed by atoms with E-state index in [1.807, 2.05) is 12.3 Å². The molecule has 2 aromatic rings. The van der Waals surface area contributed by atoms with E-state index in [1.165, 1.54) is 22.3 Å². The van der Waals surface area contributed by atoms with Crippen LogP contribution in [0.4, 0.5) is 0 Å². The van der Waals surface area contributed by atoms with E-state index in [1.54, 1.807) is 0 Å². The Bertz CT molecular complexity index is 665. The van der Waals surface area contributed by atoms with Crippen LogP contribution in [-0.2, 0) is 0 Å². The summed E-state index contributed by atoms with van der Waals surface area (Å²) in [5.74, 6) is 0.419. The van der Waals surface area contributed by atoms with Crippen molar-refractivity contribution in [2.45, 2.75) is 5.92 Å². The van der Waals surface area contributed by atoms with Crippen LogP contribution < -0.4 is 0 Å². The molecule has 0 saturated carbocycles. The largest absolute Gasteiger partial charge is 0.256 e. The molecule has 0 radical (unpaired) electrons. The zero-order valence-electron chi connectivity index (χ0n) is 9.30. The fourth-order valence-electron chi connectivity index (χ4n) is 2.78. The third-order valence-electron chi connectivity index (χ3n) is 3.57. The minimum atomic E-state index is 0.419. The highest BCUT2D eigenvalue weighted by Crippen LogP contribution is 2.45. The number of benzene rings is 1. The Hall–Kier alpha value is -2.15. The van der Waals surface area contributed by atoms with Crippen molar-refractivity contribution in [1.82, 2.24) is 4.98 Å². The van der Waals surface area contributed by atoms with Crippen LogP contribution in [0.5, 0.6) is 0 Å². The summed E-state index contributed by atoms with van der Waals surface area (Å²) < 4.78 is 0. The van der Waals surface area contributed by atoms with Gasteiger partial charge in [-0.2, -0.15) is 0 Å². The summed E-state index contributed by atoms with van der Waals surface area (Å²) >= 11 is 0. The fraction of sp³-hybridized carbons (Fsp3) is 0.0625. The highest BCUT2D eigenvalue weighted by Gasteiger charge is 2.27. The Morgan fingerprint density at radius 2 is 1.94 bits per heavy atom. The zero-order chi connectivity index (χ0) is 11.2. The molecule has 4 rings (SSSR count). The van der Waals surface area contributed by atoms with Gasteiger partial charge < -0.3 is 0 Å². The SMILES string of the molecule is C1=CC2C(=Cc3ccccc32)c2cccnc21. The van der Waals surface area contributed by atoms with Crippen molar-refractivity contribution >= 4 is 17.7 Å². The van der Waals surface area contributed by atoms with Crippen molar-refractivity contribution < 1.29 is 0 Å². The quantitative estimate of drug-likeness (QED) is 0.655. The molecular weight excluding hydrogens is 206 g/mol. The molecule has 0 spiro atoms. The van der Waals surface area contributed by atoms with Gasteiger partial charge in [-0.3, -0.25) is 4.98 Å². The number of nitrogens with zero attached hydrogens (tertiary/aromatic N) is 1. The van der Waals surface area contributed by atoms with Gasteiger partial charge in [0.2, 0.25) is 0 Å². The van der Waals surface area contributed by atoms with Crippen molar-refractivity contribution in [3.63, 3.8) is 0 Å². The molecule has 1 atom stereocenters. The summed E-state index contributed by atoms with van der Waals surface area (Å²) in [6, 6.07) is 12.8. The minimum absolute atomic E-state index is 0.419. The monoisotopic (exact) mass is 217 g/mol. The number of aromatic nitrogens is 1. The summed E-state index contributed by atoms with van der Waals surface area (Å²) in [5, 5.41) is 0. The first-order valence-electron chi connectivity index (χ1n) is 5.87. The highest BCUT2D eigenvalue weighted by molar-refractivity contribution is 5.96. The summed E-state index contributed by atoms with van der Waals surface area (Å²) in [6.45, 7) is 0. The maximum Gasteiger partial charge on any atom is 0.0702 e. The van der Waals surface area contributed by atoms with Gasteiger partial charge in [-0.25, -0.2) is 0 Å². The molecule has 2 aliphatic rings. The van der Waals surface area contributed by atoms with Gasteiger partial charge in [0.1, 0.15) is 0 Å². The van der Waals surface area contributed by atoms with Crippen LogP contribution in [0.1, 0.15) is 28.3 Å². The molecular formula is C16H11N. The van der Waals surface area contributed by atoms with Crippen molar-refractivity contribution in [3.05, 3.63) is 71.1 Å². The lowest BCUT2D eigenvalue weighted by Gasteiger charge is -2.18. The third kappa shape index (κ3) is 1.17. The maximum atomic E-state index is 4.41. The third-order valence-corrected chi connectivity index (χ3v) is 3.57. The van der Waals surface area contributed by atoms with Gasteiger partial charge in [0.05, 0.1) is 5.69 Å². The molecule has 0 N–H and O–H groups in total. The van der Waals surface area contributed by atoms with E-state index in [-0.39, 0.29) is 0 Å². The van der Waals surface area contributed by atoms with Crippen LogP contribution in [0.2, 0.25) is 0 Å². The Labute approximate surface area is 100 Å². The molecule has 1 heteroatoms. The second-order valence-electron chi connectivity index (χ2n) is 4.50. The van der Waals surface area contributed by atoms with E-state index >= 15 is 0 Å². The molecule has 1 nitrogen and oxygen atoms in total. The smallest absolute Gasteiger partial charge is 0.0702 e. The van der Waals surface area contributed by atoms with Gasteiger partial charge in [-0.05, 0) is 34.9 Å². The summed E-state index contributed by atoms with van der Waals surface area (Å²) in [4.78, 5) is 4.41. The lowest BCUT2D eigenvalue weighted by Crippen LogP contribution is -2.02. The number of hydrogen-bond acceptors (Lipinski definition) is 1. The molecule has 17 heavy (non-hydrogen) atoms. The predicted molar refractivity (Wildman–Crippen MR) is 70.3 cm³/mol. The van der Waals surface area contributed by atoms with E-state index in [4.69, 9.17) is 0 Å². The summed E-state index contributed by atoms with van der Waals surface area (Å²) in [7, 11) is 0. The van der Waals surface area contributed by atoms with Gasteiger partial charge in [-0.1, -0.05) is 36.4 Å². The van der Waals surface area contributed by atoms with Crippen LogP contribution in [0.3, 0.4) is 0 Å². The molecule has 2 aliphatic carbocycles. The number of rotatable bonds is 0. The molecule has 0 aliphatic heterocycles. The Morgan fingerprint density at radius 1 is 1.00 bits per heavy atom. The second-order valence-corrected chi connectivity index (χ2v) is 4.50. The van der Waals surface area contributed by atoms with Crippen LogP contribution in [0.15, 0.2) is 48.7 Å². The molecule has 0 fully saturated rings. The standard InChI is InChI=1S/C16H11N/c1-2-5-12-11(4-1)10-15-13(12)7-8-16-14(15)6-3-9-17-16/h1-10,13H. The van der Waals surface area contributed by atoms with Gasteiger partial charge in [0.15, 0.2) is 0 Å². The number of fused-ring (bicyclic) bond motifs is 5. The van der Waals surface area contributed by atoms with E-state index in [2.05, 4.69) is 53.5 Å². The Balaban J connectivity index is 1.98. The van der Waals surface area contributed by atoms with Crippen molar-refractivity contribution in [2.75, 3.05) is 0 Å². The molecule has 1 unspecified atom stereocenters. The van der Waals surface area contributed by atoms with Crippen molar-refractivity contribution in [1.29, 1.82) is 0 Å². The van der Waals surface area contributed by atoms with Crippen molar-refractivity contribution in [2.24, 2.45) is 0 Å². The Morgan fingerprint density at radius 3 is 2.94 bits per heavy atom. The van der Waals surface area contributed by atoms with Gasteiger partial charge >= 0.3 is 0 Å². The van der Waals surface area contributed by atoms with E-state index < -0.39 is 0 Å². The molecule has 0 bridgehead atoms. The first kappa shape index (κ1) is 8.94.